The van der Waals surface area contributed by atoms with Crippen molar-refractivity contribution in [1.82, 2.24) is 5.32 Å². The summed E-state index contributed by atoms with van der Waals surface area (Å²) in [6, 6.07) is 12.3. The average molecular weight is 412 g/mol. The van der Waals surface area contributed by atoms with Crippen LogP contribution in [-0.2, 0) is 16.0 Å². The second-order valence-corrected chi connectivity index (χ2v) is 7.06. The zero-order valence-electron chi connectivity index (χ0n) is 17.6. The molecule has 1 heterocycles. The number of carbonyl (C=O) groups is 2. The smallest absolute Gasteiger partial charge is 0.251 e. The Hall–Kier alpha value is -3.06. The van der Waals surface area contributed by atoms with E-state index in [1.807, 2.05) is 25.1 Å². The average Bonchev–Trinajstić information content (AvgIpc) is 3.05. The summed E-state index contributed by atoms with van der Waals surface area (Å²) in [7, 11) is 3.19. The van der Waals surface area contributed by atoms with E-state index in [9.17, 15) is 9.59 Å². The second kappa shape index (κ2) is 10.1. The van der Waals surface area contributed by atoms with Gasteiger partial charge in [0, 0.05) is 0 Å². The van der Waals surface area contributed by atoms with Crippen LogP contribution in [0.15, 0.2) is 42.5 Å². The lowest BCUT2D eigenvalue weighted by Crippen LogP contribution is -2.39. The SMILES string of the molecule is CCCOc1ccc(N2C(=O)C[C@@H](NCCc3ccc(OC)c(OC)c3)C2=O)cc1. The Labute approximate surface area is 176 Å². The fourth-order valence-electron chi connectivity index (χ4n) is 3.40. The van der Waals surface area contributed by atoms with Gasteiger partial charge in [-0.15, -0.1) is 0 Å². The third-order valence-corrected chi connectivity index (χ3v) is 4.97. The molecule has 1 atom stereocenters. The zero-order valence-corrected chi connectivity index (χ0v) is 17.6. The van der Waals surface area contributed by atoms with Gasteiger partial charge in [-0.05, 0) is 61.3 Å². The molecule has 1 aliphatic heterocycles. The minimum Gasteiger partial charge on any atom is -0.494 e. The van der Waals surface area contributed by atoms with Gasteiger partial charge < -0.3 is 19.5 Å². The number of carbonyl (C=O) groups excluding carboxylic acids is 2. The Bertz CT molecular complexity index is 882. The molecule has 1 aliphatic rings. The van der Waals surface area contributed by atoms with E-state index < -0.39 is 6.04 Å². The van der Waals surface area contributed by atoms with Crippen molar-refractivity contribution < 1.29 is 23.8 Å². The standard InChI is InChI=1S/C23H28N2O5/c1-4-13-30-18-8-6-17(7-9-18)25-22(26)15-19(23(25)27)24-12-11-16-5-10-20(28-2)21(14-16)29-3/h5-10,14,19,24H,4,11-13,15H2,1-3H3/t19-/m1/s1. The Morgan fingerprint density at radius 1 is 1.03 bits per heavy atom. The van der Waals surface area contributed by atoms with Crippen molar-refractivity contribution in [1.29, 1.82) is 0 Å². The van der Waals surface area contributed by atoms with Crippen molar-refractivity contribution in [3.8, 4) is 17.2 Å². The van der Waals surface area contributed by atoms with Gasteiger partial charge in [-0.3, -0.25) is 9.59 Å². The Kier molecular flexibility index (Phi) is 7.30. The summed E-state index contributed by atoms with van der Waals surface area (Å²) in [6.07, 6.45) is 1.77. The molecule has 160 valence electrons. The third kappa shape index (κ3) is 4.91. The summed E-state index contributed by atoms with van der Waals surface area (Å²) in [6.45, 7) is 3.23. The third-order valence-electron chi connectivity index (χ3n) is 4.97. The summed E-state index contributed by atoms with van der Waals surface area (Å²) in [5.74, 6) is 1.64. The molecule has 3 rings (SSSR count). The van der Waals surface area contributed by atoms with E-state index in [4.69, 9.17) is 14.2 Å². The molecule has 2 aromatic rings. The van der Waals surface area contributed by atoms with Gasteiger partial charge in [0.1, 0.15) is 5.75 Å². The topological polar surface area (TPSA) is 77.1 Å². The normalized spacial score (nSPS) is 16.1. The number of anilines is 1. The molecule has 1 N–H and O–H groups in total. The van der Waals surface area contributed by atoms with Crippen LogP contribution < -0.4 is 24.4 Å². The van der Waals surface area contributed by atoms with E-state index in [-0.39, 0.29) is 18.2 Å². The van der Waals surface area contributed by atoms with Gasteiger partial charge in [-0.1, -0.05) is 13.0 Å². The molecule has 0 unspecified atom stereocenters. The molecular weight excluding hydrogens is 384 g/mol. The Morgan fingerprint density at radius 3 is 2.43 bits per heavy atom. The minimum atomic E-state index is -0.520. The number of imide groups is 1. The van der Waals surface area contributed by atoms with Gasteiger partial charge in [-0.2, -0.15) is 0 Å². The number of benzene rings is 2. The molecule has 0 bridgehead atoms. The fraction of sp³-hybridized carbons (Fsp3) is 0.391. The first-order valence-electron chi connectivity index (χ1n) is 10.1. The highest BCUT2D eigenvalue weighted by atomic mass is 16.5. The molecule has 0 saturated carbocycles. The quantitative estimate of drug-likeness (QED) is 0.605. The summed E-state index contributed by atoms with van der Waals surface area (Å²) >= 11 is 0. The van der Waals surface area contributed by atoms with Crippen LogP contribution >= 0.6 is 0 Å². The number of nitrogens with zero attached hydrogens (tertiary/aromatic N) is 1. The number of nitrogens with one attached hydrogen (secondary N) is 1. The van der Waals surface area contributed by atoms with Crippen molar-refractivity contribution in [3.63, 3.8) is 0 Å². The van der Waals surface area contributed by atoms with Crippen molar-refractivity contribution in [2.24, 2.45) is 0 Å². The van der Waals surface area contributed by atoms with Crippen LogP contribution in [0.3, 0.4) is 0 Å². The molecule has 7 nitrogen and oxygen atoms in total. The van der Waals surface area contributed by atoms with Gasteiger partial charge in [0.05, 0.1) is 39.0 Å². The van der Waals surface area contributed by atoms with Gasteiger partial charge in [-0.25, -0.2) is 4.90 Å². The van der Waals surface area contributed by atoms with Gasteiger partial charge in [0.2, 0.25) is 5.91 Å². The maximum absolute atomic E-state index is 12.8. The van der Waals surface area contributed by atoms with Crippen molar-refractivity contribution in [2.75, 3.05) is 32.3 Å². The number of hydrogen-bond acceptors (Lipinski definition) is 6. The van der Waals surface area contributed by atoms with Crippen molar-refractivity contribution in [3.05, 3.63) is 48.0 Å². The molecule has 2 aromatic carbocycles. The highest BCUT2D eigenvalue weighted by Crippen LogP contribution is 2.28. The van der Waals surface area contributed by atoms with Crippen LogP contribution in [0, 0.1) is 0 Å². The summed E-state index contributed by atoms with van der Waals surface area (Å²) in [4.78, 5) is 26.5. The summed E-state index contributed by atoms with van der Waals surface area (Å²) in [5.41, 5.74) is 1.62. The molecule has 0 aromatic heterocycles. The molecule has 2 amide bonds. The lowest BCUT2D eigenvalue weighted by Gasteiger charge is -2.16. The van der Waals surface area contributed by atoms with Crippen LogP contribution in [0.1, 0.15) is 25.3 Å². The molecular formula is C23H28N2O5. The predicted molar refractivity (Wildman–Crippen MR) is 114 cm³/mol. The van der Waals surface area contributed by atoms with E-state index in [0.29, 0.717) is 36.8 Å². The number of ether oxygens (including phenoxy) is 3. The molecule has 1 saturated heterocycles. The van der Waals surface area contributed by atoms with Crippen LogP contribution in [0.4, 0.5) is 5.69 Å². The molecule has 7 heteroatoms. The first kappa shape index (κ1) is 21.6. The Morgan fingerprint density at radius 2 is 1.77 bits per heavy atom. The predicted octanol–water partition coefficient (Wildman–Crippen LogP) is 2.96. The van der Waals surface area contributed by atoms with E-state index in [1.165, 1.54) is 4.90 Å². The van der Waals surface area contributed by atoms with Crippen LogP contribution in [0.5, 0.6) is 17.2 Å². The van der Waals surface area contributed by atoms with E-state index in [1.54, 1.807) is 38.5 Å². The zero-order chi connectivity index (χ0) is 21.5. The summed E-state index contributed by atoms with van der Waals surface area (Å²) in [5, 5.41) is 3.21. The van der Waals surface area contributed by atoms with Gasteiger partial charge in [0.25, 0.3) is 5.91 Å². The van der Waals surface area contributed by atoms with Crippen molar-refractivity contribution in [2.45, 2.75) is 32.2 Å². The second-order valence-electron chi connectivity index (χ2n) is 7.06. The Balaban J connectivity index is 1.57. The minimum absolute atomic E-state index is 0.152. The number of hydrogen-bond donors (Lipinski definition) is 1. The van der Waals surface area contributed by atoms with Crippen LogP contribution in [-0.4, -0.2) is 45.2 Å². The number of amides is 2. The van der Waals surface area contributed by atoms with E-state index in [0.717, 1.165) is 17.7 Å². The van der Waals surface area contributed by atoms with Gasteiger partial charge >= 0.3 is 0 Å². The highest BCUT2D eigenvalue weighted by Gasteiger charge is 2.39. The largest absolute Gasteiger partial charge is 0.494 e. The van der Waals surface area contributed by atoms with Crippen molar-refractivity contribution >= 4 is 17.5 Å². The first-order chi connectivity index (χ1) is 14.6. The monoisotopic (exact) mass is 412 g/mol. The lowest BCUT2D eigenvalue weighted by atomic mass is 10.1. The van der Waals surface area contributed by atoms with Crippen LogP contribution in [0.2, 0.25) is 0 Å². The molecule has 30 heavy (non-hydrogen) atoms. The first-order valence-corrected chi connectivity index (χ1v) is 10.1. The number of rotatable bonds is 10. The number of methoxy groups -OCH3 is 2. The molecule has 1 fully saturated rings. The van der Waals surface area contributed by atoms with Gasteiger partial charge in [0.15, 0.2) is 11.5 Å². The molecule has 0 spiro atoms. The summed E-state index contributed by atoms with van der Waals surface area (Å²) < 4.78 is 16.1. The maximum Gasteiger partial charge on any atom is 0.251 e. The highest BCUT2D eigenvalue weighted by molar-refractivity contribution is 6.22. The van der Waals surface area contributed by atoms with E-state index in [2.05, 4.69) is 5.32 Å². The molecule has 0 aliphatic carbocycles. The fourth-order valence-corrected chi connectivity index (χ4v) is 3.40. The van der Waals surface area contributed by atoms with Crippen LogP contribution in [0.25, 0.3) is 0 Å². The maximum atomic E-state index is 12.8. The lowest BCUT2D eigenvalue weighted by molar-refractivity contribution is -0.121. The van der Waals surface area contributed by atoms with E-state index >= 15 is 0 Å². The molecule has 0 radical (unpaired) electrons.